The number of amides is 1. The van der Waals surface area contributed by atoms with Crippen LogP contribution >= 0.6 is 11.3 Å². The summed E-state index contributed by atoms with van der Waals surface area (Å²) in [6.45, 7) is 1.95. The van der Waals surface area contributed by atoms with Gasteiger partial charge in [0.2, 0.25) is 5.91 Å². The Kier molecular flexibility index (Phi) is 4.76. The van der Waals surface area contributed by atoms with E-state index in [0.29, 0.717) is 5.56 Å². The zero-order chi connectivity index (χ0) is 15.5. The van der Waals surface area contributed by atoms with E-state index in [1.165, 1.54) is 17.4 Å². The molecule has 1 atom stereocenters. The van der Waals surface area contributed by atoms with Crippen LogP contribution in [0, 0.1) is 0 Å². The van der Waals surface area contributed by atoms with Crippen LogP contribution in [-0.4, -0.2) is 14.3 Å². The second-order valence-corrected chi connectivity index (χ2v) is 7.55. The van der Waals surface area contributed by atoms with E-state index in [0.717, 1.165) is 11.3 Å². The lowest BCUT2D eigenvalue weighted by atomic mass is 10.1. The van der Waals surface area contributed by atoms with Gasteiger partial charge >= 0.3 is 0 Å². The topological polar surface area (TPSA) is 89.3 Å². The van der Waals surface area contributed by atoms with E-state index < -0.39 is 22.0 Å². The molecular weight excluding hydrogens is 308 g/mol. The average molecular weight is 324 g/mol. The van der Waals surface area contributed by atoms with Crippen molar-refractivity contribution in [1.29, 1.82) is 0 Å². The normalized spacial score (nSPS) is 13.0. The molecule has 7 heteroatoms. The number of benzene rings is 1. The number of carbonyl (C=O) groups excluding carboxylic acids is 1. The SMILES string of the molecule is CCc1ccc(S(=O)(=O)NC(C(N)=O)c2ccccc2)s1. The number of primary amides is 1. The molecule has 1 aromatic heterocycles. The molecule has 1 amide bonds. The van der Waals surface area contributed by atoms with Crippen molar-refractivity contribution >= 4 is 27.3 Å². The Bertz CT molecular complexity index is 724. The Balaban J connectivity index is 2.30. The van der Waals surface area contributed by atoms with Crippen molar-refractivity contribution in [3.8, 4) is 0 Å². The van der Waals surface area contributed by atoms with Crippen molar-refractivity contribution in [2.75, 3.05) is 0 Å². The smallest absolute Gasteiger partial charge is 0.251 e. The number of rotatable bonds is 6. The molecule has 3 N–H and O–H groups in total. The standard InChI is InChI=1S/C14H16N2O3S2/c1-2-11-8-9-12(20-11)21(18,19)16-13(14(15)17)10-6-4-3-5-7-10/h3-9,13,16H,2H2,1H3,(H2,15,17). The molecule has 112 valence electrons. The van der Waals surface area contributed by atoms with E-state index in [-0.39, 0.29) is 4.21 Å². The molecule has 2 aromatic rings. The lowest BCUT2D eigenvalue weighted by Gasteiger charge is -2.15. The maximum Gasteiger partial charge on any atom is 0.251 e. The highest BCUT2D eigenvalue weighted by Gasteiger charge is 2.26. The van der Waals surface area contributed by atoms with Gasteiger partial charge in [-0.15, -0.1) is 11.3 Å². The predicted octanol–water partition coefficient (Wildman–Crippen LogP) is 1.82. The van der Waals surface area contributed by atoms with E-state index in [1.807, 2.05) is 6.92 Å². The third-order valence-electron chi connectivity index (χ3n) is 2.94. The van der Waals surface area contributed by atoms with Crippen LogP contribution in [0.25, 0.3) is 0 Å². The first-order valence-electron chi connectivity index (χ1n) is 6.39. The number of nitrogens with two attached hydrogens (primary N) is 1. The third kappa shape index (κ3) is 3.69. The summed E-state index contributed by atoms with van der Waals surface area (Å²) in [4.78, 5) is 12.5. The lowest BCUT2D eigenvalue weighted by molar-refractivity contribution is -0.119. The molecule has 0 fully saturated rings. The van der Waals surface area contributed by atoms with E-state index in [1.54, 1.807) is 36.4 Å². The fourth-order valence-corrected chi connectivity index (χ4v) is 4.35. The average Bonchev–Trinajstić information content (AvgIpc) is 2.95. The summed E-state index contributed by atoms with van der Waals surface area (Å²) in [7, 11) is -3.77. The van der Waals surface area contributed by atoms with E-state index in [9.17, 15) is 13.2 Å². The molecule has 0 aliphatic heterocycles. The Morgan fingerprint density at radius 1 is 1.24 bits per heavy atom. The first kappa shape index (κ1) is 15.7. The van der Waals surface area contributed by atoms with Crippen molar-refractivity contribution in [2.24, 2.45) is 5.73 Å². The first-order valence-corrected chi connectivity index (χ1v) is 8.69. The molecule has 0 bridgehead atoms. The molecule has 5 nitrogen and oxygen atoms in total. The molecule has 0 spiro atoms. The van der Waals surface area contributed by atoms with Crippen LogP contribution in [0.15, 0.2) is 46.7 Å². The monoisotopic (exact) mass is 324 g/mol. The molecule has 1 heterocycles. The summed E-state index contributed by atoms with van der Waals surface area (Å²) >= 11 is 1.19. The summed E-state index contributed by atoms with van der Waals surface area (Å²) in [5.74, 6) is -0.739. The largest absolute Gasteiger partial charge is 0.368 e. The van der Waals surface area contributed by atoms with Crippen molar-refractivity contribution < 1.29 is 13.2 Å². The van der Waals surface area contributed by atoms with Crippen LogP contribution < -0.4 is 10.5 Å². The van der Waals surface area contributed by atoms with E-state index in [4.69, 9.17) is 5.73 Å². The number of aryl methyl sites for hydroxylation is 1. The minimum Gasteiger partial charge on any atom is -0.368 e. The van der Waals surface area contributed by atoms with E-state index >= 15 is 0 Å². The summed E-state index contributed by atoms with van der Waals surface area (Å²) in [5, 5.41) is 0. The van der Waals surface area contributed by atoms with Crippen LogP contribution in [0.5, 0.6) is 0 Å². The number of hydrogen-bond donors (Lipinski definition) is 2. The third-order valence-corrected chi connectivity index (χ3v) is 6.09. The quantitative estimate of drug-likeness (QED) is 0.849. The predicted molar refractivity (Wildman–Crippen MR) is 82.4 cm³/mol. The van der Waals surface area contributed by atoms with Gasteiger partial charge in [0.1, 0.15) is 10.3 Å². The van der Waals surface area contributed by atoms with Gasteiger partial charge < -0.3 is 5.73 Å². The van der Waals surface area contributed by atoms with Gasteiger partial charge in [-0.2, -0.15) is 4.72 Å². The fraction of sp³-hybridized carbons (Fsp3) is 0.214. The minimum absolute atomic E-state index is 0.182. The number of sulfonamides is 1. The molecule has 0 saturated heterocycles. The Hall–Kier alpha value is -1.70. The summed E-state index contributed by atoms with van der Waals surface area (Å²) in [6.07, 6.45) is 0.762. The number of carbonyl (C=O) groups is 1. The van der Waals surface area contributed by atoms with Crippen molar-refractivity contribution in [2.45, 2.75) is 23.6 Å². The van der Waals surface area contributed by atoms with Crippen LogP contribution in [0.2, 0.25) is 0 Å². The van der Waals surface area contributed by atoms with Gasteiger partial charge in [0.15, 0.2) is 0 Å². The van der Waals surface area contributed by atoms with Crippen molar-refractivity contribution in [3.63, 3.8) is 0 Å². The fourth-order valence-electron chi connectivity index (χ4n) is 1.84. The molecule has 1 aromatic carbocycles. The second kappa shape index (κ2) is 6.38. The van der Waals surface area contributed by atoms with Gasteiger partial charge in [0.25, 0.3) is 10.0 Å². The molecule has 1 unspecified atom stereocenters. The number of hydrogen-bond acceptors (Lipinski definition) is 4. The molecule has 0 aliphatic rings. The first-order chi connectivity index (χ1) is 9.94. The van der Waals surface area contributed by atoms with Gasteiger partial charge in [-0.1, -0.05) is 37.3 Å². The highest BCUT2D eigenvalue weighted by Crippen LogP contribution is 2.24. The maximum atomic E-state index is 12.3. The Morgan fingerprint density at radius 3 is 2.43 bits per heavy atom. The van der Waals surface area contributed by atoms with Crippen LogP contribution in [0.1, 0.15) is 23.4 Å². The van der Waals surface area contributed by atoms with Gasteiger partial charge in [0, 0.05) is 4.88 Å². The van der Waals surface area contributed by atoms with Crippen molar-refractivity contribution in [1.82, 2.24) is 4.72 Å². The molecule has 0 aliphatic carbocycles. The van der Waals surface area contributed by atoms with Crippen LogP contribution in [0.3, 0.4) is 0 Å². The maximum absolute atomic E-state index is 12.3. The summed E-state index contributed by atoms with van der Waals surface area (Å²) in [5.41, 5.74) is 5.84. The summed E-state index contributed by atoms with van der Waals surface area (Å²) < 4.78 is 27.2. The summed E-state index contributed by atoms with van der Waals surface area (Å²) in [6, 6.07) is 10.8. The van der Waals surface area contributed by atoms with Crippen molar-refractivity contribution in [3.05, 3.63) is 52.9 Å². The number of nitrogens with one attached hydrogen (secondary N) is 1. The lowest BCUT2D eigenvalue weighted by Crippen LogP contribution is -2.37. The van der Waals surface area contributed by atoms with Gasteiger partial charge in [-0.25, -0.2) is 8.42 Å². The Morgan fingerprint density at radius 2 is 1.90 bits per heavy atom. The minimum atomic E-state index is -3.77. The van der Waals surface area contributed by atoms with Gasteiger partial charge in [0.05, 0.1) is 0 Å². The van der Waals surface area contributed by atoms with Gasteiger partial charge in [-0.3, -0.25) is 4.79 Å². The second-order valence-electron chi connectivity index (χ2n) is 4.44. The number of thiophene rings is 1. The molecule has 0 radical (unpaired) electrons. The molecule has 21 heavy (non-hydrogen) atoms. The highest BCUT2D eigenvalue weighted by atomic mass is 32.2. The zero-order valence-electron chi connectivity index (χ0n) is 11.4. The molecule has 0 saturated carbocycles. The van der Waals surface area contributed by atoms with Crippen LogP contribution in [-0.2, 0) is 21.2 Å². The van der Waals surface area contributed by atoms with Gasteiger partial charge in [-0.05, 0) is 24.1 Å². The van der Waals surface area contributed by atoms with E-state index in [2.05, 4.69) is 4.72 Å². The molecule has 2 rings (SSSR count). The highest BCUT2D eigenvalue weighted by molar-refractivity contribution is 7.91. The Labute approximate surface area is 127 Å². The van der Waals surface area contributed by atoms with Crippen LogP contribution in [0.4, 0.5) is 0 Å². The zero-order valence-corrected chi connectivity index (χ0v) is 13.1. The molecular formula is C14H16N2O3S2.